The van der Waals surface area contributed by atoms with Gasteiger partial charge in [-0.15, -0.1) is 0 Å². The van der Waals surface area contributed by atoms with Crippen LogP contribution in [0.3, 0.4) is 0 Å². The Kier molecular flexibility index (Phi) is 10.3. The Bertz CT molecular complexity index is 2750. The molecule has 2 fully saturated rings. The lowest BCUT2D eigenvalue weighted by molar-refractivity contribution is -0.135. The molecular formula is C43H44F3N9O5. The number of imide groups is 1. The number of rotatable bonds is 10. The van der Waals surface area contributed by atoms with E-state index in [0.717, 1.165) is 104 Å². The molecule has 3 aromatic carbocycles. The van der Waals surface area contributed by atoms with Crippen LogP contribution in [0.2, 0.25) is 0 Å². The summed E-state index contributed by atoms with van der Waals surface area (Å²) in [6.07, 6.45) is 9.45. The molecule has 3 N–H and O–H groups in total. The van der Waals surface area contributed by atoms with Crippen molar-refractivity contribution in [3.63, 3.8) is 0 Å². The number of carbonyl (C=O) groups excluding carboxylic acids is 3. The summed E-state index contributed by atoms with van der Waals surface area (Å²) in [5.74, 6) is -6.78. The van der Waals surface area contributed by atoms with E-state index >= 15 is 0 Å². The van der Waals surface area contributed by atoms with E-state index in [2.05, 4.69) is 44.5 Å². The van der Waals surface area contributed by atoms with Gasteiger partial charge in [0.1, 0.15) is 11.9 Å². The van der Waals surface area contributed by atoms with Crippen molar-refractivity contribution in [3.8, 4) is 17.0 Å². The number of aromatic nitrogens is 6. The van der Waals surface area contributed by atoms with Gasteiger partial charge in [0.05, 0.1) is 46.6 Å². The summed E-state index contributed by atoms with van der Waals surface area (Å²) >= 11 is 0. The van der Waals surface area contributed by atoms with Crippen LogP contribution in [-0.2, 0) is 36.1 Å². The van der Waals surface area contributed by atoms with Crippen molar-refractivity contribution in [1.29, 1.82) is 0 Å². The summed E-state index contributed by atoms with van der Waals surface area (Å²) in [6.45, 7) is 3.54. The Morgan fingerprint density at radius 1 is 0.967 bits per heavy atom. The van der Waals surface area contributed by atoms with Gasteiger partial charge in [0.2, 0.25) is 17.6 Å². The van der Waals surface area contributed by atoms with Crippen molar-refractivity contribution < 1.29 is 32.7 Å². The Hall–Kier alpha value is -6.23. The Labute approximate surface area is 341 Å². The Morgan fingerprint density at radius 2 is 1.78 bits per heavy atom. The maximum absolute atomic E-state index is 14.2. The number of aryl methyl sites for hydroxylation is 2. The number of benzene rings is 3. The summed E-state index contributed by atoms with van der Waals surface area (Å²) in [4.78, 5) is 57.1. The van der Waals surface area contributed by atoms with Crippen LogP contribution in [0, 0.1) is 23.4 Å². The molecule has 6 aromatic rings. The van der Waals surface area contributed by atoms with Gasteiger partial charge in [-0.3, -0.25) is 38.4 Å². The van der Waals surface area contributed by atoms with E-state index in [1.807, 2.05) is 29.1 Å². The first-order valence-electron chi connectivity index (χ1n) is 20.4. The molecule has 0 bridgehead atoms. The molecule has 0 radical (unpaired) electrons. The third-order valence-electron chi connectivity index (χ3n) is 12.5. The van der Waals surface area contributed by atoms with E-state index in [4.69, 9.17) is 10.1 Å². The number of hydrogen-bond donors (Lipinski definition) is 3. The molecule has 1 saturated carbocycles. The average Bonchev–Trinajstić information content (AvgIpc) is 3.94. The van der Waals surface area contributed by atoms with Crippen molar-refractivity contribution >= 4 is 39.7 Å². The van der Waals surface area contributed by atoms with E-state index in [0.29, 0.717) is 18.0 Å². The highest BCUT2D eigenvalue weighted by Crippen LogP contribution is 2.34. The van der Waals surface area contributed by atoms with Crippen LogP contribution in [0.4, 0.5) is 13.2 Å². The second-order valence-electron chi connectivity index (χ2n) is 16.2. The molecule has 3 amide bonds. The first-order valence-corrected chi connectivity index (χ1v) is 20.4. The molecule has 60 heavy (non-hydrogen) atoms. The maximum Gasteiger partial charge on any atom is 0.329 e. The summed E-state index contributed by atoms with van der Waals surface area (Å²) in [5.41, 5.74) is 4.47. The highest BCUT2D eigenvalue weighted by molar-refractivity contribution is 6.00. The second-order valence-corrected chi connectivity index (χ2v) is 16.2. The van der Waals surface area contributed by atoms with Crippen molar-refractivity contribution in [2.24, 2.45) is 13.0 Å². The minimum Gasteiger partial charge on any atom is -0.503 e. The zero-order chi connectivity index (χ0) is 41.8. The fourth-order valence-corrected chi connectivity index (χ4v) is 9.11. The van der Waals surface area contributed by atoms with E-state index in [1.54, 1.807) is 11.6 Å². The number of phenols is 1. The monoisotopic (exact) mass is 823 g/mol. The average molecular weight is 824 g/mol. The lowest BCUT2D eigenvalue weighted by atomic mass is 9.86. The number of imidazole rings is 2. The van der Waals surface area contributed by atoms with Crippen LogP contribution in [0.15, 0.2) is 59.7 Å². The number of nitrogens with zero attached hydrogens (tertiary/aromatic N) is 7. The standard InChI is InChI=1S/C43H44F3N9O5/c1-51-34-17-24(6-11-32(34)55(43(51)60)33-12-13-37(56)49-42(33)59)3-2-14-52-15-16-53-35(21-47-36(53)23-52)26-7-8-27-22-54(50-31(27)18-26)28-9-4-25(5-10-28)20-48-41(58)29-19-30(44)40(57)39(46)38(29)45/h6-8,11,17-19,21-22,25,28,33,57H,2-5,9-10,12-16,20,23H2,1H3,(H,48,58)(H,49,56,59). The van der Waals surface area contributed by atoms with Crippen LogP contribution in [0.25, 0.3) is 33.2 Å². The number of amides is 3. The van der Waals surface area contributed by atoms with Gasteiger partial charge in [-0.2, -0.15) is 9.49 Å². The molecule has 1 unspecified atom stereocenters. The fourth-order valence-electron chi connectivity index (χ4n) is 9.11. The minimum atomic E-state index is -1.78. The lowest BCUT2D eigenvalue weighted by Gasteiger charge is -2.28. The van der Waals surface area contributed by atoms with Crippen LogP contribution in [-0.4, -0.2) is 75.8 Å². The summed E-state index contributed by atoms with van der Waals surface area (Å²) in [7, 11) is 1.71. The molecule has 17 heteroatoms. The number of carbonyl (C=O) groups is 3. The predicted octanol–water partition coefficient (Wildman–Crippen LogP) is 5.26. The molecule has 312 valence electrons. The number of piperidine rings is 1. The quantitative estimate of drug-likeness (QED) is 0.125. The number of halogens is 3. The van der Waals surface area contributed by atoms with Gasteiger partial charge >= 0.3 is 5.69 Å². The van der Waals surface area contributed by atoms with Gasteiger partial charge in [0, 0.05) is 50.2 Å². The molecule has 9 rings (SSSR count). The summed E-state index contributed by atoms with van der Waals surface area (Å²) in [5, 5.41) is 20.2. The normalized spacial score (nSPS) is 19.8. The number of nitrogens with one attached hydrogen (secondary N) is 2. The van der Waals surface area contributed by atoms with Crippen molar-refractivity contribution in [2.75, 3.05) is 19.6 Å². The Balaban J connectivity index is 0.783. The highest BCUT2D eigenvalue weighted by Gasteiger charge is 2.32. The Morgan fingerprint density at radius 3 is 2.58 bits per heavy atom. The molecule has 3 aromatic heterocycles. The maximum atomic E-state index is 14.2. The van der Waals surface area contributed by atoms with Crippen LogP contribution in [0.5, 0.6) is 5.75 Å². The zero-order valence-corrected chi connectivity index (χ0v) is 33.0. The van der Waals surface area contributed by atoms with Crippen molar-refractivity contribution in [3.05, 3.63) is 99.7 Å². The van der Waals surface area contributed by atoms with Gasteiger partial charge in [0.25, 0.3) is 5.91 Å². The van der Waals surface area contributed by atoms with Gasteiger partial charge in [0.15, 0.2) is 17.4 Å². The van der Waals surface area contributed by atoms with E-state index in [1.165, 1.54) is 4.57 Å². The molecule has 0 spiro atoms. The van der Waals surface area contributed by atoms with Gasteiger partial charge in [-0.25, -0.2) is 18.6 Å². The SMILES string of the molecule is Cn1c(=O)n(C2CCC(=O)NC2=O)c2ccc(CCCN3CCn4c(-c5ccc6cn(C7CCC(CNC(=O)c8cc(F)c(O)c(F)c8F)CC7)nc6c5)cnc4C3)cc21. The van der Waals surface area contributed by atoms with Gasteiger partial charge in [-0.1, -0.05) is 18.2 Å². The molecule has 1 aliphatic carbocycles. The molecule has 3 aliphatic rings. The largest absolute Gasteiger partial charge is 0.503 e. The predicted molar refractivity (Wildman–Crippen MR) is 214 cm³/mol. The number of hydrogen-bond acceptors (Lipinski definition) is 8. The zero-order valence-electron chi connectivity index (χ0n) is 33.0. The topological polar surface area (TPSA) is 161 Å². The number of fused-ring (bicyclic) bond motifs is 3. The van der Waals surface area contributed by atoms with Crippen LogP contribution in [0.1, 0.15) is 78.8 Å². The van der Waals surface area contributed by atoms with Crippen LogP contribution >= 0.6 is 0 Å². The highest BCUT2D eigenvalue weighted by atomic mass is 19.2. The van der Waals surface area contributed by atoms with Crippen LogP contribution < -0.4 is 16.3 Å². The van der Waals surface area contributed by atoms with Crippen molar-refractivity contribution in [2.45, 2.75) is 76.5 Å². The molecular weight excluding hydrogens is 780 g/mol. The van der Waals surface area contributed by atoms with E-state index in [-0.39, 0.29) is 36.5 Å². The third-order valence-corrected chi connectivity index (χ3v) is 12.5. The molecule has 1 saturated heterocycles. The third kappa shape index (κ3) is 7.24. The minimum absolute atomic E-state index is 0.113. The molecule has 1 atom stereocenters. The summed E-state index contributed by atoms with van der Waals surface area (Å²) in [6, 6.07) is 12.2. The van der Waals surface area contributed by atoms with Gasteiger partial charge < -0.3 is 15.0 Å². The molecule has 14 nitrogen and oxygen atoms in total. The molecule has 5 heterocycles. The number of phenolic OH excluding ortho intramolecular Hbond substituents is 1. The first kappa shape index (κ1) is 39.2. The summed E-state index contributed by atoms with van der Waals surface area (Å²) < 4.78 is 49.0. The van der Waals surface area contributed by atoms with E-state index in [9.17, 15) is 37.5 Å². The van der Waals surface area contributed by atoms with E-state index < -0.39 is 46.6 Å². The second kappa shape index (κ2) is 15.7. The lowest BCUT2D eigenvalue weighted by Crippen LogP contribution is -2.44. The first-order chi connectivity index (χ1) is 28.9. The molecule has 2 aliphatic heterocycles. The smallest absolute Gasteiger partial charge is 0.329 e. The fraction of sp³-hybridized carbons (Fsp3) is 0.395. The van der Waals surface area contributed by atoms with Crippen molar-refractivity contribution in [1.82, 2.24) is 44.0 Å². The number of aromatic hydroxyl groups is 1. The van der Waals surface area contributed by atoms with Gasteiger partial charge in [-0.05, 0) is 87.2 Å².